The van der Waals surface area contributed by atoms with Gasteiger partial charge in [0.25, 0.3) is 0 Å². The zero-order valence-corrected chi connectivity index (χ0v) is 11.7. The summed E-state index contributed by atoms with van der Waals surface area (Å²) in [5, 5.41) is 8.95. The van der Waals surface area contributed by atoms with Gasteiger partial charge in [0.2, 0.25) is 10.0 Å². The van der Waals surface area contributed by atoms with Crippen LogP contribution in [0.4, 0.5) is 15.8 Å². The van der Waals surface area contributed by atoms with Gasteiger partial charge in [-0.15, -0.1) is 0 Å². The van der Waals surface area contributed by atoms with Crippen LogP contribution in [0.15, 0.2) is 42.5 Å². The molecule has 0 radical (unpaired) electrons. The number of anilines is 2. The lowest BCUT2D eigenvalue weighted by Gasteiger charge is -2.11. The largest absolute Gasteiger partial charge is 0.397 e. The maximum absolute atomic E-state index is 12.9. The summed E-state index contributed by atoms with van der Waals surface area (Å²) in [4.78, 5) is 0. The minimum atomic E-state index is -3.76. The van der Waals surface area contributed by atoms with Gasteiger partial charge < -0.3 is 5.73 Å². The van der Waals surface area contributed by atoms with Gasteiger partial charge in [0.15, 0.2) is 0 Å². The Kier molecular flexibility index (Phi) is 4.10. The van der Waals surface area contributed by atoms with Crippen molar-refractivity contribution < 1.29 is 12.8 Å². The van der Waals surface area contributed by atoms with Gasteiger partial charge in [0.05, 0.1) is 28.8 Å². The van der Waals surface area contributed by atoms with Crippen LogP contribution in [0.3, 0.4) is 0 Å². The molecule has 0 heterocycles. The number of hydrogen-bond acceptors (Lipinski definition) is 4. The molecule has 3 N–H and O–H groups in total. The topological polar surface area (TPSA) is 96.0 Å². The molecule has 0 spiro atoms. The molecule has 0 aliphatic rings. The Labute approximate surface area is 121 Å². The molecule has 5 nitrogen and oxygen atoms in total. The first kappa shape index (κ1) is 14.8. The monoisotopic (exact) mass is 305 g/mol. The molecule has 21 heavy (non-hydrogen) atoms. The van der Waals surface area contributed by atoms with Crippen molar-refractivity contribution in [1.29, 1.82) is 5.26 Å². The minimum Gasteiger partial charge on any atom is -0.397 e. The minimum absolute atomic E-state index is 0.00727. The van der Waals surface area contributed by atoms with Gasteiger partial charge in [-0.25, -0.2) is 12.8 Å². The number of nitrogens with two attached hydrogens (primary N) is 1. The van der Waals surface area contributed by atoms with E-state index in [0.29, 0.717) is 5.56 Å². The van der Waals surface area contributed by atoms with Gasteiger partial charge in [0.1, 0.15) is 5.82 Å². The highest BCUT2D eigenvalue weighted by molar-refractivity contribution is 7.91. The van der Waals surface area contributed by atoms with Crippen LogP contribution in [0.5, 0.6) is 0 Å². The SMILES string of the molecule is N#Cc1ccccc1CS(=O)(=O)Nc1ccc(F)cc1N. The first-order valence-electron chi connectivity index (χ1n) is 5.95. The molecule has 2 aromatic rings. The Morgan fingerprint density at radius 2 is 1.95 bits per heavy atom. The molecule has 0 saturated carbocycles. The van der Waals surface area contributed by atoms with E-state index >= 15 is 0 Å². The molecule has 2 aromatic carbocycles. The highest BCUT2D eigenvalue weighted by Gasteiger charge is 2.15. The molecule has 0 bridgehead atoms. The Morgan fingerprint density at radius 1 is 1.24 bits per heavy atom. The second kappa shape index (κ2) is 5.81. The number of nitrogens with zero attached hydrogens (tertiary/aromatic N) is 1. The summed E-state index contributed by atoms with van der Waals surface area (Å²) in [5.41, 5.74) is 6.32. The Bertz CT molecular complexity index is 813. The smallest absolute Gasteiger partial charge is 0.237 e. The summed E-state index contributed by atoms with van der Waals surface area (Å²) in [6.07, 6.45) is 0. The van der Waals surface area contributed by atoms with Crippen LogP contribution in [0, 0.1) is 17.1 Å². The second-order valence-electron chi connectivity index (χ2n) is 4.36. The number of nitrogens with one attached hydrogen (secondary N) is 1. The van der Waals surface area contributed by atoms with E-state index in [2.05, 4.69) is 4.72 Å². The number of rotatable bonds is 4. The average Bonchev–Trinajstić information content (AvgIpc) is 2.42. The van der Waals surface area contributed by atoms with Gasteiger partial charge in [-0.1, -0.05) is 18.2 Å². The van der Waals surface area contributed by atoms with Crippen molar-refractivity contribution in [3.8, 4) is 6.07 Å². The second-order valence-corrected chi connectivity index (χ2v) is 6.08. The summed E-state index contributed by atoms with van der Waals surface area (Å²) >= 11 is 0. The molecule has 0 amide bonds. The van der Waals surface area contributed by atoms with Crippen molar-refractivity contribution in [1.82, 2.24) is 0 Å². The van der Waals surface area contributed by atoms with Crippen LogP contribution in [0.2, 0.25) is 0 Å². The Morgan fingerprint density at radius 3 is 2.62 bits per heavy atom. The molecule has 0 aliphatic carbocycles. The molecule has 0 atom stereocenters. The normalized spacial score (nSPS) is 10.9. The molecule has 0 aromatic heterocycles. The molecule has 7 heteroatoms. The number of sulfonamides is 1. The summed E-state index contributed by atoms with van der Waals surface area (Å²) in [6, 6.07) is 11.7. The number of hydrogen-bond donors (Lipinski definition) is 2. The average molecular weight is 305 g/mol. The molecular weight excluding hydrogens is 293 g/mol. The fraction of sp³-hybridized carbons (Fsp3) is 0.0714. The third kappa shape index (κ3) is 3.70. The van der Waals surface area contributed by atoms with E-state index in [1.54, 1.807) is 18.2 Å². The zero-order valence-electron chi connectivity index (χ0n) is 10.9. The van der Waals surface area contributed by atoms with Gasteiger partial charge in [-0.3, -0.25) is 4.72 Å². The van der Waals surface area contributed by atoms with E-state index in [1.165, 1.54) is 12.1 Å². The van der Waals surface area contributed by atoms with E-state index in [4.69, 9.17) is 11.0 Å². The lowest BCUT2D eigenvalue weighted by Crippen LogP contribution is -2.16. The fourth-order valence-corrected chi connectivity index (χ4v) is 3.04. The van der Waals surface area contributed by atoms with Crippen LogP contribution in [0.1, 0.15) is 11.1 Å². The third-order valence-electron chi connectivity index (χ3n) is 2.76. The van der Waals surface area contributed by atoms with Crippen molar-refractivity contribution in [2.45, 2.75) is 5.75 Å². The molecule has 0 aliphatic heterocycles. The first-order chi connectivity index (χ1) is 9.91. The predicted molar refractivity (Wildman–Crippen MR) is 78.2 cm³/mol. The maximum Gasteiger partial charge on any atom is 0.237 e. The molecule has 0 fully saturated rings. The van der Waals surface area contributed by atoms with E-state index in [-0.39, 0.29) is 22.7 Å². The standard InChI is InChI=1S/C14H12FN3O2S/c15-12-5-6-14(13(17)7-12)18-21(19,20)9-11-4-2-1-3-10(11)8-16/h1-7,18H,9,17H2. The van der Waals surface area contributed by atoms with Crippen LogP contribution >= 0.6 is 0 Å². The van der Waals surface area contributed by atoms with E-state index in [1.807, 2.05) is 6.07 Å². The highest BCUT2D eigenvalue weighted by Crippen LogP contribution is 2.22. The number of nitrogen functional groups attached to an aromatic ring is 1. The quantitative estimate of drug-likeness (QED) is 0.846. The maximum atomic E-state index is 12.9. The van der Waals surface area contributed by atoms with Crippen molar-refractivity contribution in [2.24, 2.45) is 0 Å². The zero-order chi connectivity index (χ0) is 15.5. The molecule has 0 unspecified atom stereocenters. The molecule has 2 rings (SSSR count). The van der Waals surface area contributed by atoms with E-state index in [0.717, 1.165) is 12.1 Å². The van der Waals surface area contributed by atoms with E-state index < -0.39 is 15.8 Å². The van der Waals surface area contributed by atoms with Gasteiger partial charge >= 0.3 is 0 Å². The van der Waals surface area contributed by atoms with Crippen molar-refractivity contribution >= 4 is 21.4 Å². The van der Waals surface area contributed by atoms with Crippen LogP contribution < -0.4 is 10.5 Å². The van der Waals surface area contributed by atoms with E-state index in [9.17, 15) is 12.8 Å². The summed E-state index contributed by atoms with van der Waals surface area (Å²) in [5.74, 6) is -0.918. The summed E-state index contributed by atoms with van der Waals surface area (Å²) in [6.45, 7) is 0. The number of halogens is 1. The van der Waals surface area contributed by atoms with Crippen LogP contribution in [-0.2, 0) is 15.8 Å². The molecular formula is C14H12FN3O2S. The van der Waals surface area contributed by atoms with Crippen LogP contribution in [0.25, 0.3) is 0 Å². The Hall–Kier alpha value is -2.59. The molecule has 108 valence electrons. The summed E-state index contributed by atoms with van der Waals surface area (Å²) in [7, 11) is -3.76. The predicted octanol–water partition coefficient (Wildman–Crippen LogP) is 2.22. The highest BCUT2D eigenvalue weighted by atomic mass is 32.2. The lowest BCUT2D eigenvalue weighted by atomic mass is 10.1. The van der Waals surface area contributed by atoms with Gasteiger partial charge in [0, 0.05) is 0 Å². The Balaban J connectivity index is 2.25. The van der Waals surface area contributed by atoms with Crippen molar-refractivity contribution in [3.63, 3.8) is 0 Å². The van der Waals surface area contributed by atoms with Crippen molar-refractivity contribution in [3.05, 3.63) is 59.4 Å². The lowest BCUT2D eigenvalue weighted by molar-refractivity contribution is 0.600. The van der Waals surface area contributed by atoms with Crippen LogP contribution in [-0.4, -0.2) is 8.42 Å². The fourth-order valence-electron chi connectivity index (χ4n) is 1.79. The first-order valence-corrected chi connectivity index (χ1v) is 7.60. The number of nitriles is 1. The van der Waals surface area contributed by atoms with Crippen molar-refractivity contribution in [2.75, 3.05) is 10.5 Å². The van der Waals surface area contributed by atoms with Gasteiger partial charge in [-0.2, -0.15) is 5.26 Å². The summed E-state index contributed by atoms with van der Waals surface area (Å²) < 4.78 is 39.4. The third-order valence-corrected chi connectivity index (χ3v) is 3.98. The number of benzene rings is 2. The molecule has 0 saturated heterocycles. The van der Waals surface area contributed by atoms with Gasteiger partial charge in [-0.05, 0) is 29.8 Å².